The lowest BCUT2D eigenvalue weighted by Gasteiger charge is -2.10. The fourth-order valence-electron chi connectivity index (χ4n) is 2.99. The van der Waals surface area contributed by atoms with E-state index >= 15 is 0 Å². The number of nitrogens with zero attached hydrogens (tertiary/aromatic N) is 4. The first-order chi connectivity index (χ1) is 16.1. The van der Waals surface area contributed by atoms with E-state index in [1.165, 1.54) is 16.7 Å². The van der Waals surface area contributed by atoms with Gasteiger partial charge in [0.05, 0.1) is 12.0 Å². The molecule has 1 heterocycles. The van der Waals surface area contributed by atoms with E-state index in [1.54, 1.807) is 18.0 Å². The van der Waals surface area contributed by atoms with Gasteiger partial charge in [-0.25, -0.2) is 5.43 Å². The van der Waals surface area contributed by atoms with Crippen LogP contribution in [0.5, 0.6) is 0 Å². The average molecular weight is 494 g/mol. The summed E-state index contributed by atoms with van der Waals surface area (Å²) in [6.45, 7) is 0. The number of hydrogen-bond acceptors (Lipinski definition) is 6. The first-order valence-electron chi connectivity index (χ1n) is 9.99. The van der Waals surface area contributed by atoms with Crippen LogP contribution in [0.1, 0.15) is 5.56 Å². The lowest BCUT2D eigenvalue weighted by atomic mass is 10.2. The van der Waals surface area contributed by atoms with E-state index in [4.69, 9.17) is 11.6 Å². The van der Waals surface area contributed by atoms with Crippen molar-refractivity contribution < 1.29 is 4.79 Å². The number of halogens is 1. The largest absolute Gasteiger partial charge is 0.272 e. The summed E-state index contributed by atoms with van der Waals surface area (Å²) in [7, 11) is 0. The number of benzene rings is 3. The number of nitrogens with one attached hydrogen (secondary N) is 1. The third kappa shape index (κ3) is 6.04. The molecule has 3 aromatic carbocycles. The maximum absolute atomic E-state index is 12.3. The zero-order valence-corrected chi connectivity index (χ0v) is 20.1. The molecule has 0 aliphatic rings. The Balaban J connectivity index is 1.46. The molecular weight excluding hydrogens is 474 g/mol. The summed E-state index contributed by atoms with van der Waals surface area (Å²) in [4.78, 5) is 13.5. The van der Waals surface area contributed by atoms with E-state index in [0.29, 0.717) is 16.0 Å². The lowest BCUT2D eigenvalue weighted by molar-refractivity contribution is -0.118. The number of aromatic nitrogens is 3. The number of hydrogen-bond donors (Lipinski definition) is 1. The summed E-state index contributed by atoms with van der Waals surface area (Å²) >= 11 is 9.01. The molecule has 33 heavy (non-hydrogen) atoms. The van der Waals surface area contributed by atoms with Crippen molar-refractivity contribution in [1.82, 2.24) is 20.2 Å². The minimum atomic E-state index is -0.229. The standard InChI is InChI=1S/C24H20ClN5OS2/c1-32-21-13-7-17(8-14-21)15-26-27-22(31)16-33-24-29-28-23(18-9-11-19(25)12-10-18)30(24)20-5-3-2-4-6-20/h2-15H,16H2,1H3,(H,27,31). The first kappa shape index (κ1) is 23.1. The molecule has 6 nitrogen and oxygen atoms in total. The number of rotatable bonds is 8. The highest BCUT2D eigenvalue weighted by Gasteiger charge is 2.17. The second-order valence-corrected chi connectivity index (χ2v) is 9.10. The van der Waals surface area contributed by atoms with E-state index in [2.05, 4.69) is 20.7 Å². The molecule has 166 valence electrons. The van der Waals surface area contributed by atoms with E-state index in [1.807, 2.05) is 89.7 Å². The number of thioether (sulfide) groups is 2. The van der Waals surface area contributed by atoms with Crippen molar-refractivity contribution in [3.63, 3.8) is 0 Å². The summed E-state index contributed by atoms with van der Waals surface area (Å²) in [6, 6.07) is 25.1. The third-order valence-corrected chi connectivity index (χ3v) is 6.53. The fourth-order valence-corrected chi connectivity index (χ4v) is 4.27. The molecule has 0 saturated heterocycles. The molecule has 1 N–H and O–H groups in total. The molecule has 1 amide bonds. The molecular formula is C24H20ClN5OS2. The van der Waals surface area contributed by atoms with Gasteiger partial charge >= 0.3 is 0 Å². The Morgan fingerprint density at radius 3 is 2.45 bits per heavy atom. The normalized spacial score (nSPS) is 11.1. The smallest absolute Gasteiger partial charge is 0.250 e. The highest BCUT2D eigenvalue weighted by atomic mass is 35.5. The Hall–Kier alpha value is -3.07. The van der Waals surface area contributed by atoms with E-state index in [-0.39, 0.29) is 11.7 Å². The van der Waals surface area contributed by atoms with Gasteiger partial charge < -0.3 is 0 Å². The predicted molar refractivity (Wildman–Crippen MR) is 136 cm³/mol. The summed E-state index contributed by atoms with van der Waals surface area (Å²) < 4.78 is 1.93. The Morgan fingerprint density at radius 2 is 1.76 bits per heavy atom. The van der Waals surface area contributed by atoms with Crippen LogP contribution in [0.4, 0.5) is 0 Å². The summed E-state index contributed by atoms with van der Waals surface area (Å²) in [5.41, 5.74) is 5.26. The zero-order chi connectivity index (χ0) is 23.0. The molecule has 9 heteroatoms. The summed E-state index contributed by atoms with van der Waals surface area (Å²) in [6.07, 6.45) is 3.65. The van der Waals surface area contributed by atoms with Gasteiger partial charge in [-0.05, 0) is 60.4 Å². The molecule has 4 rings (SSSR count). The van der Waals surface area contributed by atoms with E-state index in [0.717, 1.165) is 16.8 Å². The summed E-state index contributed by atoms with van der Waals surface area (Å²) in [5.74, 6) is 0.592. The van der Waals surface area contributed by atoms with Crippen molar-refractivity contribution in [1.29, 1.82) is 0 Å². The highest BCUT2D eigenvalue weighted by Crippen LogP contribution is 2.28. The van der Waals surface area contributed by atoms with Gasteiger partial charge in [0.2, 0.25) is 0 Å². The SMILES string of the molecule is CSc1ccc(C=NNC(=O)CSc2nnc(-c3ccc(Cl)cc3)n2-c2ccccc2)cc1. The van der Waals surface area contributed by atoms with E-state index in [9.17, 15) is 4.79 Å². The molecule has 0 saturated carbocycles. The second kappa shape index (κ2) is 11.2. The molecule has 0 fully saturated rings. The van der Waals surface area contributed by atoms with Crippen LogP contribution in [-0.2, 0) is 4.79 Å². The number of amides is 1. The minimum Gasteiger partial charge on any atom is -0.272 e. The Labute approximate surface area is 205 Å². The number of carbonyl (C=O) groups is 1. The van der Waals surface area contributed by atoms with Crippen LogP contribution in [0.15, 0.2) is 94.0 Å². The number of carbonyl (C=O) groups excluding carboxylic acids is 1. The van der Waals surface area contributed by atoms with Crippen molar-refractivity contribution in [3.8, 4) is 17.1 Å². The Morgan fingerprint density at radius 1 is 1.03 bits per heavy atom. The van der Waals surface area contributed by atoms with Gasteiger partial charge in [-0.15, -0.1) is 22.0 Å². The predicted octanol–water partition coefficient (Wildman–Crippen LogP) is 5.55. The van der Waals surface area contributed by atoms with Gasteiger partial charge in [-0.3, -0.25) is 9.36 Å². The van der Waals surface area contributed by atoms with Crippen molar-refractivity contribution in [3.05, 3.63) is 89.4 Å². The van der Waals surface area contributed by atoms with Gasteiger partial charge in [-0.1, -0.05) is 53.7 Å². The third-order valence-electron chi connectivity index (χ3n) is 4.60. The van der Waals surface area contributed by atoms with Crippen LogP contribution in [0.3, 0.4) is 0 Å². The van der Waals surface area contributed by atoms with Crippen LogP contribution < -0.4 is 5.43 Å². The monoisotopic (exact) mass is 493 g/mol. The van der Waals surface area contributed by atoms with Crippen LogP contribution in [0.2, 0.25) is 5.02 Å². The van der Waals surface area contributed by atoms with E-state index < -0.39 is 0 Å². The first-order valence-corrected chi connectivity index (χ1v) is 12.6. The number of hydrazone groups is 1. The van der Waals surface area contributed by atoms with Crippen LogP contribution in [0, 0.1) is 0 Å². The molecule has 0 radical (unpaired) electrons. The van der Waals surface area contributed by atoms with Crippen molar-refractivity contribution in [2.75, 3.05) is 12.0 Å². The molecule has 0 aliphatic carbocycles. The Kier molecular flexibility index (Phi) is 7.83. The molecule has 0 spiro atoms. The molecule has 0 bridgehead atoms. The van der Waals surface area contributed by atoms with Crippen molar-refractivity contribution in [2.45, 2.75) is 10.1 Å². The molecule has 0 unspecified atom stereocenters. The molecule has 0 atom stereocenters. The van der Waals surface area contributed by atoms with Crippen LogP contribution >= 0.6 is 35.1 Å². The topological polar surface area (TPSA) is 72.2 Å². The molecule has 4 aromatic rings. The van der Waals surface area contributed by atoms with Gasteiger partial charge in [0, 0.05) is 21.2 Å². The van der Waals surface area contributed by atoms with Gasteiger partial charge in [0.15, 0.2) is 11.0 Å². The zero-order valence-electron chi connectivity index (χ0n) is 17.7. The lowest BCUT2D eigenvalue weighted by Crippen LogP contribution is -2.20. The Bertz CT molecular complexity index is 1240. The average Bonchev–Trinajstić information content (AvgIpc) is 3.28. The van der Waals surface area contributed by atoms with Crippen LogP contribution in [-0.4, -0.2) is 38.9 Å². The van der Waals surface area contributed by atoms with Gasteiger partial charge in [-0.2, -0.15) is 5.10 Å². The maximum atomic E-state index is 12.3. The highest BCUT2D eigenvalue weighted by molar-refractivity contribution is 7.99. The van der Waals surface area contributed by atoms with Crippen LogP contribution in [0.25, 0.3) is 17.1 Å². The molecule has 1 aromatic heterocycles. The van der Waals surface area contributed by atoms with Crippen molar-refractivity contribution >= 4 is 47.2 Å². The quantitative estimate of drug-likeness (QED) is 0.198. The summed E-state index contributed by atoms with van der Waals surface area (Å²) in [5, 5.41) is 14.0. The number of para-hydroxylation sites is 1. The van der Waals surface area contributed by atoms with Gasteiger partial charge in [0.1, 0.15) is 0 Å². The minimum absolute atomic E-state index is 0.147. The maximum Gasteiger partial charge on any atom is 0.250 e. The van der Waals surface area contributed by atoms with Crippen molar-refractivity contribution in [2.24, 2.45) is 5.10 Å². The fraction of sp³-hybridized carbons (Fsp3) is 0.0833. The second-order valence-electron chi connectivity index (χ2n) is 6.84. The van der Waals surface area contributed by atoms with Gasteiger partial charge in [0.25, 0.3) is 5.91 Å². The molecule has 0 aliphatic heterocycles.